The Morgan fingerprint density at radius 1 is 1.33 bits per heavy atom. The van der Waals surface area contributed by atoms with Crippen LogP contribution in [0.3, 0.4) is 0 Å². The van der Waals surface area contributed by atoms with Crippen molar-refractivity contribution in [2.45, 2.75) is 26.3 Å². The van der Waals surface area contributed by atoms with E-state index in [-0.39, 0.29) is 47.3 Å². The fourth-order valence-electron chi connectivity index (χ4n) is 2.95. The SMILES string of the molecule is CC(C)C[C@@H](c1c([N+](=O)[O-])ccc(Cl)c1O)N1CCNCC1.Cl.Cl. The maximum atomic E-state index is 11.4. The number of benzene rings is 1. The van der Waals surface area contributed by atoms with E-state index in [1.807, 2.05) is 0 Å². The molecule has 0 radical (unpaired) electrons. The van der Waals surface area contributed by atoms with Crippen molar-refractivity contribution in [3.8, 4) is 5.75 Å². The molecule has 0 aromatic heterocycles. The minimum atomic E-state index is -0.444. The average molecular weight is 401 g/mol. The van der Waals surface area contributed by atoms with E-state index >= 15 is 0 Å². The van der Waals surface area contributed by atoms with E-state index in [0.29, 0.717) is 11.5 Å². The minimum absolute atomic E-state index is 0. The van der Waals surface area contributed by atoms with Gasteiger partial charge in [-0.2, -0.15) is 0 Å². The Hall–Kier alpha value is -0.790. The molecule has 0 aliphatic carbocycles. The summed E-state index contributed by atoms with van der Waals surface area (Å²) in [4.78, 5) is 13.1. The van der Waals surface area contributed by atoms with E-state index in [1.54, 1.807) is 0 Å². The van der Waals surface area contributed by atoms with Gasteiger partial charge in [0.2, 0.25) is 0 Å². The predicted octanol–water partition coefficient (Wildman–Crippen LogP) is 3.79. The maximum Gasteiger partial charge on any atom is 0.278 e. The smallest absolute Gasteiger partial charge is 0.278 e. The number of hydrogen-bond acceptors (Lipinski definition) is 5. The second-order valence-corrected chi connectivity index (χ2v) is 6.42. The molecular formula is C15H24Cl3N3O3. The highest BCUT2D eigenvalue weighted by Gasteiger charge is 2.32. The summed E-state index contributed by atoms with van der Waals surface area (Å²) < 4.78 is 0. The van der Waals surface area contributed by atoms with Crippen LogP contribution in [0.1, 0.15) is 31.9 Å². The highest BCUT2D eigenvalue weighted by molar-refractivity contribution is 6.32. The van der Waals surface area contributed by atoms with Crippen molar-refractivity contribution in [1.29, 1.82) is 0 Å². The van der Waals surface area contributed by atoms with Gasteiger partial charge in [0.25, 0.3) is 5.69 Å². The topological polar surface area (TPSA) is 78.6 Å². The molecule has 24 heavy (non-hydrogen) atoms. The van der Waals surface area contributed by atoms with E-state index in [2.05, 4.69) is 24.1 Å². The summed E-state index contributed by atoms with van der Waals surface area (Å²) in [5.74, 6) is 0.179. The van der Waals surface area contributed by atoms with Gasteiger partial charge in [0.1, 0.15) is 5.75 Å². The number of phenols is 1. The first-order valence-electron chi connectivity index (χ1n) is 7.52. The number of piperazine rings is 1. The van der Waals surface area contributed by atoms with Crippen molar-refractivity contribution < 1.29 is 10.0 Å². The summed E-state index contributed by atoms with van der Waals surface area (Å²) in [6, 6.07) is 2.55. The molecule has 2 rings (SSSR count). The molecule has 138 valence electrons. The van der Waals surface area contributed by atoms with Gasteiger partial charge in [-0.3, -0.25) is 15.0 Å². The quantitative estimate of drug-likeness (QED) is 0.581. The number of phenolic OH excluding ortho intramolecular Hbond substituents is 1. The van der Waals surface area contributed by atoms with E-state index < -0.39 is 4.92 Å². The minimum Gasteiger partial charge on any atom is -0.506 e. The van der Waals surface area contributed by atoms with Crippen LogP contribution >= 0.6 is 36.4 Å². The molecular weight excluding hydrogens is 377 g/mol. The Morgan fingerprint density at radius 3 is 2.42 bits per heavy atom. The zero-order valence-electron chi connectivity index (χ0n) is 13.7. The summed E-state index contributed by atoms with van der Waals surface area (Å²) in [5, 5.41) is 25.2. The maximum absolute atomic E-state index is 11.4. The summed E-state index contributed by atoms with van der Waals surface area (Å²) in [6.07, 6.45) is 0.731. The van der Waals surface area contributed by atoms with Gasteiger partial charge >= 0.3 is 0 Å². The summed E-state index contributed by atoms with van der Waals surface area (Å²) in [5.41, 5.74) is 0.277. The van der Waals surface area contributed by atoms with Crippen LogP contribution in [0, 0.1) is 16.0 Å². The van der Waals surface area contributed by atoms with Crippen molar-refractivity contribution >= 4 is 42.1 Å². The standard InChI is InChI=1S/C15H22ClN3O3.2ClH/c1-10(2)9-13(18-7-5-17-6-8-18)14-12(19(21)22)4-3-11(16)15(14)20;;/h3-4,10,13,17,20H,5-9H2,1-2H3;2*1H/t13-;;/m0../s1. The molecule has 9 heteroatoms. The molecule has 1 heterocycles. The lowest BCUT2D eigenvalue weighted by Gasteiger charge is -2.36. The Labute approximate surface area is 159 Å². The fraction of sp³-hybridized carbons (Fsp3) is 0.600. The van der Waals surface area contributed by atoms with Gasteiger partial charge in [-0.1, -0.05) is 25.4 Å². The van der Waals surface area contributed by atoms with E-state index in [1.165, 1.54) is 12.1 Å². The van der Waals surface area contributed by atoms with Crippen molar-refractivity contribution in [3.63, 3.8) is 0 Å². The third-order valence-corrected chi connectivity index (χ3v) is 4.27. The predicted molar refractivity (Wildman–Crippen MR) is 101 cm³/mol. The lowest BCUT2D eigenvalue weighted by atomic mass is 9.93. The summed E-state index contributed by atoms with van der Waals surface area (Å²) in [6.45, 7) is 7.40. The number of nitro benzene ring substituents is 1. The van der Waals surface area contributed by atoms with Gasteiger partial charge < -0.3 is 10.4 Å². The van der Waals surface area contributed by atoms with Crippen LogP contribution in [0.15, 0.2) is 12.1 Å². The number of nitrogens with zero attached hydrogens (tertiary/aromatic N) is 2. The molecule has 6 nitrogen and oxygen atoms in total. The highest BCUT2D eigenvalue weighted by Crippen LogP contribution is 2.43. The lowest BCUT2D eigenvalue weighted by Crippen LogP contribution is -2.45. The van der Waals surface area contributed by atoms with Crippen LogP contribution in [0.25, 0.3) is 0 Å². The molecule has 0 bridgehead atoms. The van der Waals surface area contributed by atoms with Crippen molar-refractivity contribution in [1.82, 2.24) is 10.2 Å². The summed E-state index contributed by atoms with van der Waals surface area (Å²) in [7, 11) is 0. The largest absolute Gasteiger partial charge is 0.506 e. The van der Waals surface area contributed by atoms with Gasteiger partial charge in [-0.15, -0.1) is 24.8 Å². The van der Waals surface area contributed by atoms with Crippen LogP contribution in [-0.2, 0) is 0 Å². The first-order chi connectivity index (χ1) is 10.4. The molecule has 2 N–H and O–H groups in total. The molecule has 1 saturated heterocycles. The zero-order chi connectivity index (χ0) is 16.3. The molecule has 0 unspecified atom stereocenters. The molecule has 1 fully saturated rings. The third kappa shape index (κ3) is 5.36. The Bertz CT molecular complexity index is 552. The molecule has 1 aromatic rings. The van der Waals surface area contributed by atoms with Crippen LogP contribution in [0.2, 0.25) is 5.02 Å². The van der Waals surface area contributed by atoms with E-state index in [0.717, 1.165) is 32.6 Å². The van der Waals surface area contributed by atoms with Crippen molar-refractivity contribution in [2.75, 3.05) is 26.2 Å². The molecule has 0 saturated carbocycles. The van der Waals surface area contributed by atoms with E-state index in [4.69, 9.17) is 11.6 Å². The molecule has 1 aliphatic rings. The van der Waals surface area contributed by atoms with Crippen LogP contribution in [0.4, 0.5) is 5.69 Å². The average Bonchev–Trinajstić information content (AvgIpc) is 2.48. The fourth-order valence-corrected chi connectivity index (χ4v) is 3.11. The molecule has 1 atom stereocenters. The monoisotopic (exact) mass is 399 g/mol. The van der Waals surface area contributed by atoms with Gasteiger partial charge in [0.05, 0.1) is 15.5 Å². The molecule has 0 spiro atoms. The second-order valence-electron chi connectivity index (χ2n) is 6.02. The first kappa shape index (κ1) is 23.2. The third-order valence-electron chi connectivity index (χ3n) is 3.96. The van der Waals surface area contributed by atoms with Crippen LogP contribution < -0.4 is 5.32 Å². The lowest BCUT2D eigenvalue weighted by molar-refractivity contribution is -0.386. The normalized spacial score (nSPS) is 16.2. The highest BCUT2D eigenvalue weighted by atomic mass is 35.5. The molecule has 0 amide bonds. The number of hydrogen-bond donors (Lipinski definition) is 2. The van der Waals surface area contributed by atoms with Gasteiger partial charge in [-0.25, -0.2) is 0 Å². The van der Waals surface area contributed by atoms with Crippen LogP contribution in [-0.4, -0.2) is 41.1 Å². The Balaban J connectivity index is 0.00000264. The summed E-state index contributed by atoms with van der Waals surface area (Å²) >= 11 is 6.01. The number of nitrogens with one attached hydrogen (secondary N) is 1. The van der Waals surface area contributed by atoms with Crippen molar-refractivity contribution in [3.05, 3.63) is 32.8 Å². The van der Waals surface area contributed by atoms with Crippen molar-refractivity contribution in [2.24, 2.45) is 5.92 Å². The first-order valence-corrected chi connectivity index (χ1v) is 7.90. The Morgan fingerprint density at radius 2 is 1.92 bits per heavy atom. The van der Waals surface area contributed by atoms with Gasteiger partial charge in [0, 0.05) is 38.3 Å². The molecule has 1 aromatic carbocycles. The number of aromatic hydroxyl groups is 1. The molecule has 1 aliphatic heterocycles. The van der Waals surface area contributed by atoms with Gasteiger partial charge in [-0.05, 0) is 18.4 Å². The second kappa shape index (κ2) is 10.3. The Kier molecular flexibility index (Phi) is 9.92. The zero-order valence-corrected chi connectivity index (χ0v) is 16.1. The number of nitro groups is 1. The van der Waals surface area contributed by atoms with Crippen LogP contribution in [0.5, 0.6) is 5.75 Å². The number of halogens is 3. The van der Waals surface area contributed by atoms with E-state index in [9.17, 15) is 15.2 Å². The van der Waals surface area contributed by atoms with Gasteiger partial charge in [0.15, 0.2) is 0 Å². The number of rotatable bonds is 5.